The number of methoxy groups -OCH3 is 2. The van der Waals surface area contributed by atoms with Gasteiger partial charge in [0.1, 0.15) is 11.5 Å². The third-order valence-electron chi connectivity index (χ3n) is 5.18. The maximum Gasteiger partial charge on any atom is 0.221 e. The van der Waals surface area contributed by atoms with Crippen LogP contribution in [0.15, 0.2) is 60.7 Å². The molecule has 2 aromatic carbocycles. The molecule has 6 heteroatoms. The van der Waals surface area contributed by atoms with Crippen LogP contribution in [0.25, 0.3) is 0 Å². The minimum absolute atomic E-state index is 0.119. The van der Waals surface area contributed by atoms with Crippen LogP contribution in [0.5, 0.6) is 11.5 Å². The molecule has 0 bridgehead atoms. The molecule has 0 unspecified atom stereocenters. The van der Waals surface area contributed by atoms with E-state index in [1.165, 1.54) is 0 Å². The summed E-state index contributed by atoms with van der Waals surface area (Å²) in [6.07, 6.45) is 5.66. The fourth-order valence-electron chi connectivity index (χ4n) is 3.56. The number of carbonyl (C=O) groups is 2. The van der Waals surface area contributed by atoms with Crippen LogP contribution in [0.4, 0.5) is 0 Å². The zero-order valence-corrected chi connectivity index (χ0v) is 17.4. The van der Waals surface area contributed by atoms with Crippen LogP contribution in [0, 0.1) is 0 Å². The normalized spacial score (nSPS) is 21.4. The lowest BCUT2D eigenvalue weighted by molar-refractivity contribution is -0.127. The Hall–Kier alpha value is -3.28. The van der Waals surface area contributed by atoms with Gasteiger partial charge in [-0.1, -0.05) is 42.5 Å². The Kier molecular flexibility index (Phi) is 7.49. The van der Waals surface area contributed by atoms with Crippen molar-refractivity contribution in [3.8, 4) is 11.5 Å². The van der Waals surface area contributed by atoms with Gasteiger partial charge in [-0.15, -0.1) is 0 Å². The first kappa shape index (κ1) is 21.4. The first-order valence-electron chi connectivity index (χ1n) is 10.1. The Morgan fingerprint density at radius 1 is 0.800 bits per heavy atom. The molecule has 1 aliphatic heterocycles. The summed E-state index contributed by atoms with van der Waals surface area (Å²) in [5, 5.41) is 6.08. The molecule has 0 radical (unpaired) electrons. The van der Waals surface area contributed by atoms with E-state index < -0.39 is 0 Å². The maximum absolute atomic E-state index is 12.5. The van der Waals surface area contributed by atoms with Crippen molar-refractivity contribution in [3.63, 3.8) is 0 Å². The van der Waals surface area contributed by atoms with Crippen molar-refractivity contribution in [1.82, 2.24) is 10.6 Å². The van der Waals surface area contributed by atoms with E-state index in [4.69, 9.17) is 9.47 Å². The number of benzene rings is 2. The summed E-state index contributed by atoms with van der Waals surface area (Å²) in [7, 11) is 3.20. The fourth-order valence-corrected chi connectivity index (χ4v) is 3.56. The van der Waals surface area contributed by atoms with Gasteiger partial charge in [0.15, 0.2) is 0 Å². The molecule has 0 aliphatic carbocycles. The van der Waals surface area contributed by atoms with Crippen LogP contribution in [-0.2, 0) is 9.59 Å². The van der Waals surface area contributed by atoms with Crippen molar-refractivity contribution in [2.24, 2.45) is 0 Å². The van der Waals surface area contributed by atoms with Crippen LogP contribution >= 0.6 is 0 Å². The second kappa shape index (κ2) is 10.5. The van der Waals surface area contributed by atoms with E-state index in [2.05, 4.69) is 16.7 Å². The SMILES string of the molecule is COc1ccc([C@H]2C/C=C\C[C@@H](c3ccccc3)NC(=O)CCC(=O)N2)c(OC)c1. The molecule has 30 heavy (non-hydrogen) atoms. The summed E-state index contributed by atoms with van der Waals surface area (Å²) in [5.74, 6) is 1.04. The third-order valence-corrected chi connectivity index (χ3v) is 5.18. The largest absolute Gasteiger partial charge is 0.497 e. The Balaban J connectivity index is 1.84. The molecule has 0 spiro atoms. The molecule has 6 nitrogen and oxygen atoms in total. The van der Waals surface area contributed by atoms with Crippen LogP contribution in [0.3, 0.4) is 0 Å². The molecule has 3 rings (SSSR count). The summed E-state index contributed by atoms with van der Waals surface area (Å²) < 4.78 is 10.8. The zero-order chi connectivity index (χ0) is 21.3. The lowest BCUT2D eigenvalue weighted by atomic mass is 9.99. The van der Waals surface area contributed by atoms with Gasteiger partial charge in [-0.05, 0) is 30.5 Å². The van der Waals surface area contributed by atoms with Gasteiger partial charge in [0.25, 0.3) is 0 Å². The first-order valence-corrected chi connectivity index (χ1v) is 10.1. The number of hydrogen-bond donors (Lipinski definition) is 2. The highest BCUT2D eigenvalue weighted by Gasteiger charge is 2.20. The minimum atomic E-state index is -0.257. The maximum atomic E-state index is 12.5. The predicted octanol–water partition coefficient (Wildman–Crippen LogP) is 3.85. The average Bonchev–Trinajstić information content (AvgIpc) is 2.78. The van der Waals surface area contributed by atoms with Crippen LogP contribution < -0.4 is 20.1 Å². The standard InChI is InChI=1S/C24H28N2O4/c1-29-18-12-13-19(22(16-18)30-2)21-11-7-6-10-20(17-8-4-3-5-9-17)25-23(27)14-15-24(28)26-21/h3-9,12-13,16,20-21H,10-11,14-15H2,1-2H3,(H,25,27)(H,26,28)/b7-6-/t20-,21+/m0/s1. The molecular formula is C24H28N2O4. The molecule has 2 atom stereocenters. The first-order chi connectivity index (χ1) is 14.6. The van der Waals surface area contributed by atoms with Gasteiger partial charge in [0, 0.05) is 24.5 Å². The van der Waals surface area contributed by atoms with Gasteiger partial charge in [-0.3, -0.25) is 9.59 Å². The smallest absolute Gasteiger partial charge is 0.221 e. The zero-order valence-electron chi connectivity index (χ0n) is 17.4. The summed E-state index contributed by atoms with van der Waals surface area (Å²) in [5.41, 5.74) is 1.92. The molecule has 0 aromatic heterocycles. The Morgan fingerprint density at radius 2 is 1.43 bits per heavy atom. The second-order valence-electron chi connectivity index (χ2n) is 7.20. The highest BCUT2D eigenvalue weighted by Crippen LogP contribution is 2.32. The quantitative estimate of drug-likeness (QED) is 0.754. The molecule has 0 saturated carbocycles. The van der Waals surface area contributed by atoms with Gasteiger partial charge in [-0.2, -0.15) is 0 Å². The number of hydrogen-bond acceptors (Lipinski definition) is 4. The van der Waals surface area contributed by atoms with Crippen molar-refractivity contribution in [3.05, 3.63) is 71.8 Å². The van der Waals surface area contributed by atoms with Gasteiger partial charge < -0.3 is 20.1 Å². The van der Waals surface area contributed by atoms with Crippen LogP contribution in [0.1, 0.15) is 48.9 Å². The van der Waals surface area contributed by atoms with E-state index in [-0.39, 0.29) is 36.7 Å². The average molecular weight is 408 g/mol. The lowest BCUT2D eigenvalue weighted by Gasteiger charge is -2.22. The third kappa shape index (κ3) is 5.63. The monoisotopic (exact) mass is 408 g/mol. The van der Waals surface area contributed by atoms with Gasteiger partial charge in [0.05, 0.1) is 26.3 Å². The predicted molar refractivity (Wildman–Crippen MR) is 115 cm³/mol. The van der Waals surface area contributed by atoms with Crippen LogP contribution in [-0.4, -0.2) is 26.0 Å². The summed E-state index contributed by atoms with van der Waals surface area (Å²) in [4.78, 5) is 24.9. The molecule has 2 aromatic rings. The van der Waals surface area contributed by atoms with Gasteiger partial charge in [-0.25, -0.2) is 0 Å². The van der Waals surface area contributed by atoms with E-state index in [1.807, 2.05) is 48.5 Å². The molecular weight excluding hydrogens is 380 g/mol. The number of rotatable bonds is 4. The van der Waals surface area contributed by atoms with E-state index in [0.29, 0.717) is 24.3 Å². The fraction of sp³-hybridized carbons (Fsp3) is 0.333. The van der Waals surface area contributed by atoms with Gasteiger partial charge >= 0.3 is 0 Å². The topological polar surface area (TPSA) is 76.7 Å². The van der Waals surface area contributed by atoms with Crippen molar-refractivity contribution >= 4 is 11.8 Å². The molecule has 0 saturated heterocycles. The molecule has 1 aliphatic rings. The minimum Gasteiger partial charge on any atom is -0.497 e. The summed E-state index contributed by atoms with van der Waals surface area (Å²) in [6, 6.07) is 15.1. The van der Waals surface area contributed by atoms with E-state index in [9.17, 15) is 9.59 Å². The van der Waals surface area contributed by atoms with E-state index in [0.717, 1.165) is 11.1 Å². The number of amides is 2. The van der Waals surface area contributed by atoms with Crippen molar-refractivity contribution in [2.45, 2.75) is 37.8 Å². The second-order valence-corrected chi connectivity index (χ2v) is 7.20. The molecule has 1 heterocycles. The Labute approximate surface area is 177 Å². The molecule has 2 amide bonds. The summed E-state index contributed by atoms with van der Waals surface area (Å²) in [6.45, 7) is 0. The van der Waals surface area contributed by atoms with Crippen molar-refractivity contribution in [2.75, 3.05) is 14.2 Å². The Morgan fingerprint density at radius 3 is 2.07 bits per heavy atom. The van der Waals surface area contributed by atoms with Crippen LogP contribution in [0.2, 0.25) is 0 Å². The number of nitrogens with one attached hydrogen (secondary N) is 2. The number of ether oxygens (including phenoxy) is 2. The molecule has 158 valence electrons. The van der Waals surface area contributed by atoms with Gasteiger partial charge in [0.2, 0.25) is 11.8 Å². The lowest BCUT2D eigenvalue weighted by Crippen LogP contribution is -2.32. The molecule has 2 N–H and O–H groups in total. The van der Waals surface area contributed by atoms with E-state index in [1.54, 1.807) is 20.3 Å². The van der Waals surface area contributed by atoms with Crippen molar-refractivity contribution < 1.29 is 19.1 Å². The number of carbonyl (C=O) groups excluding carboxylic acids is 2. The molecule has 0 fully saturated rings. The summed E-state index contributed by atoms with van der Waals surface area (Å²) >= 11 is 0. The van der Waals surface area contributed by atoms with Crippen molar-refractivity contribution in [1.29, 1.82) is 0 Å². The highest BCUT2D eigenvalue weighted by molar-refractivity contribution is 5.84. The van der Waals surface area contributed by atoms with E-state index >= 15 is 0 Å². The highest BCUT2D eigenvalue weighted by atomic mass is 16.5. The Bertz CT molecular complexity index is 895.